The van der Waals surface area contributed by atoms with Gasteiger partial charge >= 0.3 is 5.97 Å². The Balaban J connectivity index is 1.57. The second-order valence-corrected chi connectivity index (χ2v) is 7.38. The Morgan fingerprint density at radius 1 is 1.16 bits per heavy atom. The fourth-order valence-corrected chi connectivity index (χ4v) is 3.17. The number of carboxylic acid groups (broad SMARTS) is 1. The number of halogens is 1. The maximum atomic E-state index is 12.6. The molecule has 0 saturated carbocycles. The lowest BCUT2D eigenvalue weighted by molar-refractivity contribution is -0.152. The zero-order chi connectivity index (χ0) is 22.4. The molecule has 0 radical (unpaired) electrons. The van der Waals surface area contributed by atoms with Gasteiger partial charge in [-0.05, 0) is 23.3 Å². The van der Waals surface area contributed by atoms with Gasteiger partial charge in [0.15, 0.2) is 11.7 Å². The molecule has 31 heavy (non-hydrogen) atoms. The van der Waals surface area contributed by atoms with Crippen LogP contribution in [0.2, 0.25) is 5.02 Å². The van der Waals surface area contributed by atoms with E-state index in [1.807, 2.05) is 12.1 Å². The quantitative estimate of drug-likeness (QED) is 0.588. The predicted molar refractivity (Wildman–Crippen MR) is 109 cm³/mol. The van der Waals surface area contributed by atoms with E-state index in [9.17, 15) is 19.2 Å². The molecule has 1 aliphatic rings. The summed E-state index contributed by atoms with van der Waals surface area (Å²) in [5.41, 5.74) is 1.64. The first-order valence-electron chi connectivity index (χ1n) is 9.46. The van der Waals surface area contributed by atoms with E-state index >= 15 is 0 Å². The minimum absolute atomic E-state index is 0.0204. The van der Waals surface area contributed by atoms with Crippen molar-refractivity contribution in [1.82, 2.24) is 15.2 Å². The van der Waals surface area contributed by atoms with E-state index in [-0.39, 0.29) is 19.5 Å². The molecule has 1 aromatic carbocycles. The molecule has 9 nitrogen and oxygen atoms in total. The molecule has 3 rings (SSSR count). The SMILES string of the molecule is O=C(O)CNC(=O)C1C(=O)CCN(Cc2ccc(OCc3ccc(Cl)cc3)nc2)C1=O. The number of carboxylic acids is 1. The molecule has 1 aromatic heterocycles. The standard InChI is InChI=1S/C21H20ClN3O6/c22-15-4-1-13(2-5-15)12-31-17-6-3-14(9-23-17)11-25-8-7-16(26)19(21(25)30)20(29)24-10-18(27)28/h1-6,9,19H,7-8,10-12H2,(H,24,29)(H,27,28). The second kappa shape index (κ2) is 10.0. The Labute approximate surface area is 183 Å². The fraction of sp³-hybridized carbons (Fsp3) is 0.286. The molecule has 1 unspecified atom stereocenters. The number of aliphatic carboxylic acids is 1. The highest BCUT2D eigenvalue weighted by Gasteiger charge is 2.40. The number of rotatable bonds is 8. The average molecular weight is 446 g/mol. The summed E-state index contributed by atoms with van der Waals surface area (Å²) in [6, 6.07) is 10.7. The van der Waals surface area contributed by atoms with Gasteiger partial charge in [-0.2, -0.15) is 0 Å². The van der Waals surface area contributed by atoms with E-state index in [0.29, 0.717) is 23.1 Å². The Bertz CT molecular complexity index is 978. The Hall–Kier alpha value is -3.46. The Morgan fingerprint density at radius 2 is 1.87 bits per heavy atom. The Morgan fingerprint density at radius 3 is 2.52 bits per heavy atom. The van der Waals surface area contributed by atoms with Gasteiger partial charge < -0.3 is 20.1 Å². The van der Waals surface area contributed by atoms with Gasteiger partial charge in [0.25, 0.3) is 0 Å². The monoisotopic (exact) mass is 445 g/mol. The first kappa shape index (κ1) is 22.2. The van der Waals surface area contributed by atoms with Gasteiger partial charge in [-0.3, -0.25) is 19.2 Å². The summed E-state index contributed by atoms with van der Waals surface area (Å²) < 4.78 is 5.63. The van der Waals surface area contributed by atoms with Crippen LogP contribution in [-0.2, 0) is 32.3 Å². The van der Waals surface area contributed by atoms with Crippen LogP contribution in [0.25, 0.3) is 0 Å². The summed E-state index contributed by atoms with van der Waals surface area (Å²) in [5.74, 6) is -4.44. The third-order valence-corrected chi connectivity index (χ3v) is 4.91. The molecule has 1 aliphatic heterocycles. The molecule has 2 amide bonds. The van der Waals surface area contributed by atoms with Crippen molar-refractivity contribution in [1.29, 1.82) is 0 Å². The molecule has 2 heterocycles. The number of hydrogen-bond acceptors (Lipinski definition) is 6. The van der Waals surface area contributed by atoms with Crippen LogP contribution in [0.15, 0.2) is 42.6 Å². The van der Waals surface area contributed by atoms with Gasteiger partial charge in [-0.1, -0.05) is 29.8 Å². The van der Waals surface area contributed by atoms with Gasteiger partial charge in [0.05, 0.1) is 0 Å². The molecule has 1 saturated heterocycles. The molecule has 162 valence electrons. The lowest BCUT2D eigenvalue weighted by Crippen LogP contribution is -2.52. The Kier molecular flexibility index (Phi) is 7.19. The third kappa shape index (κ3) is 6.02. The number of nitrogens with one attached hydrogen (secondary N) is 1. The van der Waals surface area contributed by atoms with E-state index in [4.69, 9.17) is 21.4 Å². The zero-order valence-corrected chi connectivity index (χ0v) is 17.2. The van der Waals surface area contributed by atoms with Crippen molar-refractivity contribution in [2.75, 3.05) is 13.1 Å². The summed E-state index contributed by atoms with van der Waals surface area (Å²) in [7, 11) is 0. The summed E-state index contributed by atoms with van der Waals surface area (Å²) in [4.78, 5) is 53.0. The normalized spacial score (nSPS) is 16.2. The fourth-order valence-electron chi connectivity index (χ4n) is 3.05. The highest BCUT2D eigenvalue weighted by atomic mass is 35.5. The topological polar surface area (TPSA) is 126 Å². The number of ketones is 1. The van der Waals surface area contributed by atoms with Crippen molar-refractivity contribution in [2.45, 2.75) is 19.6 Å². The van der Waals surface area contributed by atoms with E-state index < -0.39 is 36.0 Å². The van der Waals surface area contributed by atoms with Gasteiger partial charge in [0.2, 0.25) is 17.7 Å². The lowest BCUT2D eigenvalue weighted by Gasteiger charge is -2.30. The van der Waals surface area contributed by atoms with Crippen LogP contribution in [-0.4, -0.2) is 51.6 Å². The molecular formula is C21H20ClN3O6. The predicted octanol–water partition coefficient (Wildman–Crippen LogP) is 1.43. The van der Waals surface area contributed by atoms with Crippen molar-refractivity contribution >= 4 is 35.2 Å². The largest absolute Gasteiger partial charge is 0.480 e. The van der Waals surface area contributed by atoms with Crippen molar-refractivity contribution in [3.8, 4) is 5.88 Å². The number of benzene rings is 1. The first-order chi connectivity index (χ1) is 14.8. The van der Waals surface area contributed by atoms with Crippen molar-refractivity contribution in [2.24, 2.45) is 5.92 Å². The highest BCUT2D eigenvalue weighted by molar-refractivity contribution is 6.30. The number of carbonyl (C=O) groups excluding carboxylic acids is 3. The number of piperidine rings is 1. The number of aromatic nitrogens is 1. The summed E-state index contributed by atoms with van der Waals surface area (Å²) >= 11 is 5.85. The molecule has 0 aliphatic carbocycles. The van der Waals surface area contributed by atoms with Gasteiger partial charge in [-0.25, -0.2) is 4.98 Å². The summed E-state index contributed by atoms with van der Waals surface area (Å²) in [5, 5.41) is 11.4. The van der Waals surface area contributed by atoms with Crippen LogP contribution in [0.1, 0.15) is 17.5 Å². The highest BCUT2D eigenvalue weighted by Crippen LogP contribution is 2.19. The maximum Gasteiger partial charge on any atom is 0.322 e. The third-order valence-electron chi connectivity index (χ3n) is 4.66. The van der Waals surface area contributed by atoms with Crippen molar-refractivity contribution in [3.05, 3.63) is 58.7 Å². The van der Waals surface area contributed by atoms with E-state index in [1.165, 1.54) is 4.90 Å². The molecule has 2 aromatic rings. The number of ether oxygens (including phenoxy) is 1. The smallest absolute Gasteiger partial charge is 0.322 e. The van der Waals surface area contributed by atoms with Crippen LogP contribution in [0.3, 0.4) is 0 Å². The van der Waals surface area contributed by atoms with Gasteiger partial charge in [0.1, 0.15) is 13.2 Å². The molecule has 10 heteroatoms. The van der Waals surface area contributed by atoms with Gasteiger partial charge in [0, 0.05) is 36.8 Å². The molecule has 1 fully saturated rings. The van der Waals surface area contributed by atoms with Gasteiger partial charge in [-0.15, -0.1) is 0 Å². The van der Waals surface area contributed by atoms with Crippen LogP contribution in [0.5, 0.6) is 5.88 Å². The molecule has 1 atom stereocenters. The molecule has 0 bridgehead atoms. The lowest BCUT2D eigenvalue weighted by atomic mass is 9.94. The number of Topliss-reactive ketones (excluding diaryl/α,β-unsaturated/α-hetero) is 1. The zero-order valence-electron chi connectivity index (χ0n) is 16.4. The van der Waals surface area contributed by atoms with Crippen molar-refractivity contribution < 1.29 is 29.0 Å². The van der Waals surface area contributed by atoms with Crippen molar-refractivity contribution in [3.63, 3.8) is 0 Å². The summed E-state index contributed by atoms with van der Waals surface area (Å²) in [6.07, 6.45) is 1.58. The molecule has 0 spiro atoms. The number of amides is 2. The number of nitrogens with zero attached hydrogens (tertiary/aromatic N) is 2. The number of likely N-dealkylation sites (tertiary alicyclic amines) is 1. The van der Waals surface area contributed by atoms with E-state index in [0.717, 1.165) is 5.56 Å². The minimum atomic E-state index is -1.52. The van der Waals surface area contributed by atoms with Crippen LogP contribution in [0, 0.1) is 5.92 Å². The molecular weight excluding hydrogens is 426 g/mol. The minimum Gasteiger partial charge on any atom is -0.480 e. The van der Waals surface area contributed by atoms with Crippen LogP contribution < -0.4 is 10.1 Å². The number of carbonyl (C=O) groups is 4. The van der Waals surface area contributed by atoms with E-state index in [1.54, 1.807) is 30.5 Å². The van der Waals surface area contributed by atoms with Crippen LogP contribution in [0.4, 0.5) is 0 Å². The average Bonchev–Trinajstić information content (AvgIpc) is 2.75. The number of hydrogen-bond donors (Lipinski definition) is 2. The summed E-state index contributed by atoms with van der Waals surface area (Å²) in [6.45, 7) is 0.00908. The number of pyridine rings is 1. The van der Waals surface area contributed by atoms with E-state index in [2.05, 4.69) is 10.3 Å². The maximum absolute atomic E-state index is 12.6. The molecule has 2 N–H and O–H groups in total. The van der Waals surface area contributed by atoms with Crippen LogP contribution >= 0.6 is 11.6 Å². The first-order valence-corrected chi connectivity index (χ1v) is 9.84. The second-order valence-electron chi connectivity index (χ2n) is 6.94.